The SMILES string of the molecule is COc1nc(N(C)C)sc1-c1cc(N)on1. The molecule has 2 rings (SSSR count). The van der Waals surface area contributed by atoms with Crippen molar-refractivity contribution < 1.29 is 9.26 Å². The lowest BCUT2D eigenvalue weighted by Crippen LogP contribution is -2.07. The number of thiazole rings is 1. The van der Waals surface area contributed by atoms with E-state index in [1.165, 1.54) is 11.3 Å². The zero-order valence-corrected chi connectivity index (χ0v) is 10.0. The highest BCUT2D eigenvalue weighted by Crippen LogP contribution is 2.38. The third-order valence-electron chi connectivity index (χ3n) is 1.92. The first-order chi connectivity index (χ1) is 7.61. The molecule has 2 heterocycles. The van der Waals surface area contributed by atoms with E-state index >= 15 is 0 Å². The molecule has 0 aliphatic heterocycles. The van der Waals surface area contributed by atoms with Crippen molar-refractivity contribution in [1.29, 1.82) is 0 Å². The van der Waals surface area contributed by atoms with Crippen LogP contribution in [0.2, 0.25) is 0 Å². The van der Waals surface area contributed by atoms with Crippen LogP contribution in [0.4, 0.5) is 11.0 Å². The molecule has 6 nitrogen and oxygen atoms in total. The summed E-state index contributed by atoms with van der Waals surface area (Å²) in [7, 11) is 5.40. The van der Waals surface area contributed by atoms with Crippen molar-refractivity contribution in [2.75, 3.05) is 31.8 Å². The lowest BCUT2D eigenvalue weighted by Gasteiger charge is -2.04. The van der Waals surface area contributed by atoms with Gasteiger partial charge in [0.05, 0.1) is 7.11 Å². The Morgan fingerprint density at radius 2 is 2.25 bits per heavy atom. The Balaban J connectivity index is 2.47. The molecule has 0 amide bonds. The quantitative estimate of drug-likeness (QED) is 0.875. The van der Waals surface area contributed by atoms with Gasteiger partial charge in [-0.25, -0.2) is 0 Å². The summed E-state index contributed by atoms with van der Waals surface area (Å²) in [6.07, 6.45) is 0. The normalized spacial score (nSPS) is 10.4. The van der Waals surface area contributed by atoms with Gasteiger partial charge in [0.2, 0.25) is 11.8 Å². The number of nitrogens with two attached hydrogens (primary N) is 1. The summed E-state index contributed by atoms with van der Waals surface area (Å²) in [5.74, 6) is 0.804. The highest BCUT2D eigenvalue weighted by atomic mass is 32.1. The maximum Gasteiger partial charge on any atom is 0.236 e. The van der Waals surface area contributed by atoms with Gasteiger partial charge in [-0.3, -0.25) is 0 Å². The number of anilines is 2. The molecule has 0 fully saturated rings. The smallest absolute Gasteiger partial charge is 0.236 e. The van der Waals surface area contributed by atoms with Crippen molar-refractivity contribution in [3.05, 3.63) is 6.07 Å². The molecule has 16 heavy (non-hydrogen) atoms. The van der Waals surface area contributed by atoms with Crippen molar-refractivity contribution in [3.63, 3.8) is 0 Å². The molecule has 0 aliphatic rings. The van der Waals surface area contributed by atoms with Crippen LogP contribution in [0.15, 0.2) is 10.6 Å². The van der Waals surface area contributed by atoms with E-state index in [4.69, 9.17) is 15.0 Å². The highest BCUT2D eigenvalue weighted by molar-refractivity contribution is 7.19. The minimum Gasteiger partial charge on any atom is -0.480 e. The molecule has 2 N–H and O–H groups in total. The maximum atomic E-state index is 5.48. The van der Waals surface area contributed by atoms with Crippen molar-refractivity contribution in [1.82, 2.24) is 10.1 Å². The number of rotatable bonds is 3. The molecule has 0 saturated heterocycles. The molecule has 0 spiro atoms. The standard InChI is InChI=1S/C9H12N4O2S/c1-13(2)9-11-8(14-3)7(16-9)5-4-6(10)15-12-5/h4H,10H2,1-3H3. The minimum absolute atomic E-state index is 0.275. The molecule has 0 radical (unpaired) electrons. The fourth-order valence-corrected chi connectivity index (χ4v) is 2.09. The largest absolute Gasteiger partial charge is 0.480 e. The Bertz CT molecular complexity index is 491. The van der Waals surface area contributed by atoms with E-state index in [-0.39, 0.29) is 5.88 Å². The summed E-state index contributed by atoms with van der Waals surface area (Å²) >= 11 is 1.47. The third kappa shape index (κ3) is 1.81. The molecule has 2 aromatic rings. The van der Waals surface area contributed by atoms with E-state index in [2.05, 4.69) is 10.1 Å². The highest BCUT2D eigenvalue weighted by Gasteiger charge is 2.17. The van der Waals surface area contributed by atoms with Gasteiger partial charge in [-0.1, -0.05) is 16.5 Å². The van der Waals surface area contributed by atoms with Crippen LogP contribution in [0.1, 0.15) is 0 Å². The molecule has 86 valence electrons. The number of nitrogen functional groups attached to an aromatic ring is 1. The first-order valence-electron chi connectivity index (χ1n) is 4.56. The van der Waals surface area contributed by atoms with Crippen molar-refractivity contribution >= 4 is 22.4 Å². The topological polar surface area (TPSA) is 77.4 Å². The molecule has 7 heteroatoms. The summed E-state index contributed by atoms with van der Waals surface area (Å²) in [6.45, 7) is 0. The second-order valence-corrected chi connectivity index (χ2v) is 4.32. The van der Waals surface area contributed by atoms with Crippen LogP contribution in [0.5, 0.6) is 5.88 Å². The van der Waals surface area contributed by atoms with E-state index in [1.54, 1.807) is 13.2 Å². The van der Waals surface area contributed by atoms with Crippen LogP contribution in [0, 0.1) is 0 Å². The molecule has 2 aromatic heterocycles. The molecular weight excluding hydrogens is 228 g/mol. The monoisotopic (exact) mass is 240 g/mol. The summed E-state index contributed by atoms with van der Waals surface area (Å²) in [4.78, 5) is 7.03. The zero-order chi connectivity index (χ0) is 11.7. The van der Waals surface area contributed by atoms with Crippen molar-refractivity contribution in [2.24, 2.45) is 0 Å². The van der Waals surface area contributed by atoms with Gasteiger partial charge in [-0.05, 0) is 0 Å². The number of hydrogen-bond acceptors (Lipinski definition) is 7. The van der Waals surface area contributed by atoms with E-state index in [9.17, 15) is 0 Å². The van der Waals surface area contributed by atoms with Gasteiger partial charge in [0.1, 0.15) is 10.6 Å². The van der Waals surface area contributed by atoms with Crippen LogP contribution in [-0.4, -0.2) is 31.3 Å². The Morgan fingerprint density at radius 1 is 1.50 bits per heavy atom. The Hall–Kier alpha value is -1.76. The molecule has 0 atom stereocenters. The fraction of sp³-hybridized carbons (Fsp3) is 0.333. The van der Waals surface area contributed by atoms with Crippen LogP contribution in [-0.2, 0) is 0 Å². The van der Waals surface area contributed by atoms with Gasteiger partial charge < -0.3 is 19.9 Å². The number of nitrogens with zero attached hydrogens (tertiary/aromatic N) is 3. The predicted octanol–water partition coefficient (Wildman–Crippen LogP) is 1.45. The summed E-state index contributed by atoms with van der Waals surface area (Å²) < 4.78 is 10.0. The molecule has 0 unspecified atom stereocenters. The second-order valence-electron chi connectivity index (χ2n) is 3.34. The van der Waals surface area contributed by atoms with Gasteiger partial charge in [-0.15, -0.1) is 0 Å². The van der Waals surface area contributed by atoms with Gasteiger partial charge in [-0.2, -0.15) is 4.98 Å². The Morgan fingerprint density at radius 3 is 2.75 bits per heavy atom. The van der Waals surface area contributed by atoms with Crippen molar-refractivity contribution in [3.8, 4) is 16.5 Å². The minimum atomic E-state index is 0.275. The van der Waals surface area contributed by atoms with E-state index in [0.29, 0.717) is 11.6 Å². The average Bonchev–Trinajstić information content (AvgIpc) is 2.82. The molecule has 0 saturated carbocycles. The fourth-order valence-electron chi connectivity index (χ4n) is 1.18. The van der Waals surface area contributed by atoms with Gasteiger partial charge in [0, 0.05) is 20.2 Å². The van der Waals surface area contributed by atoms with Gasteiger partial charge in [0.15, 0.2) is 5.13 Å². The maximum absolute atomic E-state index is 5.48. The first-order valence-corrected chi connectivity index (χ1v) is 5.38. The molecule has 0 aromatic carbocycles. The first kappa shape index (κ1) is 10.7. The van der Waals surface area contributed by atoms with Crippen LogP contribution in [0.3, 0.4) is 0 Å². The molecular formula is C9H12N4O2S. The lowest BCUT2D eigenvalue weighted by molar-refractivity contribution is 0.401. The zero-order valence-electron chi connectivity index (χ0n) is 9.22. The number of ether oxygens (including phenoxy) is 1. The number of methoxy groups -OCH3 is 1. The van der Waals surface area contributed by atoms with Crippen molar-refractivity contribution in [2.45, 2.75) is 0 Å². The lowest BCUT2D eigenvalue weighted by atomic mass is 10.4. The Labute approximate surface area is 96.6 Å². The van der Waals surface area contributed by atoms with Crippen LogP contribution >= 0.6 is 11.3 Å². The average molecular weight is 240 g/mol. The Kier molecular flexibility index (Phi) is 2.69. The predicted molar refractivity (Wildman–Crippen MR) is 62.9 cm³/mol. The summed E-state index contributed by atoms with van der Waals surface area (Å²) in [5.41, 5.74) is 6.12. The molecule has 0 aliphatic carbocycles. The third-order valence-corrected chi connectivity index (χ3v) is 3.15. The van der Waals surface area contributed by atoms with E-state index in [0.717, 1.165) is 10.0 Å². The summed E-state index contributed by atoms with van der Waals surface area (Å²) in [5, 5.41) is 4.68. The summed E-state index contributed by atoms with van der Waals surface area (Å²) in [6, 6.07) is 1.65. The number of hydrogen-bond donors (Lipinski definition) is 1. The second kappa shape index (κ2) is 4.01. The van der Waals surface area contributed by atoms with E-state index < -0.39 is 0 Å². The van der Waals surface area contributed by atoms with Crippen LogP contribution < -0.4 is 15.4 Å². The van der Waals surface area contributed by atoms with Gasteiger partial charge >= 0.3 is 0 Å². The van der Waals surface area contributed by atoms with E-state index in [1.807, 2.05) is 19.0 Å². The molecule has 0 bridgehead atoms. The van der Waals surface area contributed by atoms with Gasteiger partial charge in [0.25, 0.3) is 0 Å². The van der Waals surface area contributed by atoms with Crippen LogP contribution in [0.25, 0.3) is 10.6 Å². The number of aromatic nitrogens is 2.